The van der Waals surface area contributed by atoms with Crippen LogP contribution in [0.1, 0.15) is 64.1 Å². The van der Waals surface area contributed by atoms with Gasteiger partial charge >= 0.3 is 0 Å². The van der Waals surface area contributed by atoms with Crippen LogP contribution in [-0.2, 0) is 4.74 Å². The number of fused-ring (bicyclic) bond motifs is 3. The molecule has 1 aliphatic carbocycles. The topological polar surface area (TPSA) is 56.8 Å². The van der Waals surface area contributed by atoms with Crippen LogP contribution in [0.5, 0.6) is 11.5 Å². The molecule has 3 aromatic rings. The van der Waals surface area contributed by atoms with Gasteiger partial charge in [0.1, 0.15) is 17.6 Å². The van der Waals surface area contributed by atoms with Gasteiger partial charge in [-0.05, 0) is 54.1 Å². The number of carbonyl (C=O) groups is 1. The van der Waals surface area contributed by atoms with Gasteiger partial charge in [-0.2, -0.15) is 0 Å². The van der Waals surface area contributed by atoms with Crippen LogP contribution >= 0.6 is 11.3 Å². The molecule has 1 N–H and O–H groups in total. The molecule has 0 radical (unpaired) electrons. The molecule has 1 aromatic heterocycles. The van der Waals surface area contributed by atoms with Gasteiger partial charge in [-0.1, -0.05) is 31.0 Å². The maximum absolute atomic E-state index is 12.6. The maximum atomic E-state index is 12.6. The molecular weight excluding hydrogens is 422 g/mol. The van der Waals surface area contributed by atoms with Gasteiger partial charge in [0.15, 0.2) is 0 Å². The van der Waals surface area contributed by atoms with Crippen LogP contribution in [0.15, 0.2) is 53.9 Å². The summed E-state index contributed by atoms with van der Waals surface area (Å²) in [4.78, 5) is 13.3. The van der Waals surface area contributed by atoms with E-state index in [1.165, 1.54) is 29.7 Å². The molecule has 1 amide bonds. The van der Waals surface area contributed by atoms with E-state index in [-0.39, 0.29) is 18.1 Å². The lowest BCUT2D eigenvalue weighted by Gasteiger charge is -2.42. The van der Waals surface area contributed by atoms with Gasteiger partial charge in [-0.15, -0.1) is 11.3 Å². The molecule has 5 nitrogen and oxygen atoms in total. The highest BCUT2D eigenvalue weighted by Gasteiger charge is 2.41. The zero-order chi connectivity index (χ0) is 22.1. The third-order valence-corrected chi connectivity index (χ3v) is 7.35. The van der Waals surface area contributed by atoms with Crippen molar-refractivity contribution in [3.63, 3.8) is 0 Å². The fourth-order valence-electron chi connectivity index (χ4n) is 5.06. The molecular formula is C26H27NO4S. The van der Waals surface area contributed by atoms with Crippen LogP contribution in [0.4, 0.5) is 5.69 Å². The average Bonchev–Trinajstić information content (AvgIpc) is 3.38. The summed E-state index contributed by atoms with van der Waals surface area (Å²) in [5.41, 5.74) is 3.99. The number of carbonyl (C=O) groups excluding carboxylic acids is 1. The van der Waals surface area contributed by atoms with Gasteiger partial charge in [-0.25, -0.2) is 0 Å². The first-order chi connectivity index (χ1) is 15.7. The third kappa shape index (κ3) is 3.78. The van der Waals surface area contributed by atoms with Gasteiger partial charge in [-0.3, -0.25) is 4.79 Å². The van der Waals surface area contributed by atoms with Crippen LogP contribution in [0, 0.1) is 0 Å². The highest BCUT2D eigenvalue weighted by atomic mass is 32.1. The van der Waals surface area contributed by atoms with E-state index < -0.39 is 0 Å². The highest BCUT2D eigenvalue weighted by Crippen LogP contribution is 2.53. The molecule has 166 valence electrons. The number of amides is 1. The van der Waals surface area contributed by atoms with Crippen molar-refractivity contribution in [1.82, 2.24) is 0 Å². The predicted octanol–water partition coefficient (Wildman–Crippen LogP) is 6.16. The van der Waals surface area contributed by atoms with Crippen molar-refractivity contribution in [3.05, 3.63) is 75.5 Å². The van der Waals surface area contributed by atoms with Gasteiger partial charge in [0, 0.05) is 22.7 Å². The average molecular weight is 450 g/mol. The minimum absolute atomic E-state index is 0.103. The van der Waals surface area contributed by atoms with Crippen LogP contribution in [0.25, 0.3) is 0 Å². The van der Waals surface area contributed by atoms with Gasteiger partial charge in [0.05, 0.1) is 25.2 Å². The summed E-state index contributed by atoms with van der Waals surface area (Å²) in [5, 5.41) is 4.92. The molecule has 2 aromatic carbocycles. The van der Waals surface area contributed by atoms with Crippen molar-refractivity contribution in [2.75, 3.05) is 19.5 Å². The summed E-state index contributed by atoms with van der Waals surface area (Å²) >= 11 is 1.43. The Bertz CT molecular complexity index is 1110. The Morgan fingerprint density at radius 3 is 2.53 bits per heavy atom. The number of nitrogens with one attached hydrogen (secondary N) is 1. The standard InChI is InChI=1S/C26H27NO4S/c1-29-20-12-13-21(30-2)24-23(20)18-9-3-4-10-19(18)31-25(24)16-7-5-8-17(15-16)27-26(28)22-11-6-14-32-22/h5-8,11-15,18-19,25H,3-4,9-10H2,1-2H3,(H,27,28)/t18-,19-,25+/m0/s1. The molecule has 32 heavy (non-hydrogen) atoms. The fourth-order valence-corrected chi connectivity index (χ4v) is 5.68. The number of thiophene rings is 1. The van der Waals surface area contributed by atoms with Gasteiger partial charge < -0.3 is 19.5 Å². The van der Waals surface area contributed by atoms with Crippen molar-refractivity contribution in [3.8, 4) is 11.5 Å². The molecule has 1 fully saturated rings. The molecule has 6 heteroatoms. The van der Waals surface area contributed by atoms with Crippen LogP contribution < -0.4 is 14.8 Å². The Hall–Kier alpha value is -2.83. The van der Waals surface area contributed by atoms with E-state index in [0.717, 1.165) is 41.2 Å². The quantitative estimate of drug-likeness (QED) is 0.507. The number of hydrogen-bond donors (Lipinski definition) is 1. The molecule has 0 bridgehead atoms. The summed E-state index contributed by atoms with van der Waals surface area (Å²) < 4.78 is 18.3. The molecule has 2 aliphatic rings. The Balaban J connectivity index is 1.56. The van der Waals surface area contributed by atoms with Crippen molar-refractivity contribution in [2.24, 2.45) is 0 Å². The molecule has 1 aliphatic heterocycles. The third-order valence-electron chi connectivity index (χ3n) is 6.49. The minimum Gasteiger partial charge on any atom is -0.496 e. The largest absolute Gasteiger partial charge is 0.496 e. The van der Waals surface area contributed by atoms with E-state index in [2.05, 4.69) is 11.4 Å². The van der Waals surface area contributed by atoms with Gasteiger partial charge in [0.2, 0.25) is 0 Å². The molecule has 5 rings (SSSR count). The van der Waals surface area contributed by atoms with E-state index >= 15 is 0 Å². The lowest BCUT2D eigenvalue weighted by atomic mass is 9.75. The molecule has 3 atom stereocenters. The first-order valence-electron chi connectivity index (χ1n) is 11.0. The van der Waals surface area contributed by atoms with Crippen molar-refractivity contribution >= 4 is 22.9 Å². The maximum Gasteiger partial charge on any atom is 0.265 e. The number of hydrogen-bond acceptors (Lipinski definition) is 5. The second-order valence-electron chi connectivity index (χ2n) is 8.30. The number of rotatable bonds is 5. The second kappa shape index (κ2) is 8.96. The highest BCUT2D eigenvalue weighted by molar-refractivity contribution is 7.12. The van der Waals surface area contributed by atoms with Crippen LogP contribution in [-0.4, -0.2) is 26.2 Å². The van der Waals surface area contributed by atoms with Crippen LogP contribution in [0.3, 0.4) is 0 Å². The number of methoxy groups -OCH3 is 2. The minimum atomic E-state index is -0.284. The number of benzene rings is 2. The van der Waals surface area contributed by atoms with Crippen LogP contribution in [0.2, 0.25) is 0 Å². The second-order valence-corrected chi connectivity index (χ2v) is 9.25. The lowest BCUT2D eigenvalue weighted by Crippen LogP contribution is -2.34. The Kier molecular flexibility index (Phi) is 5.89. The van der Waals surface area contributed by atoms with Crippen molar-refractivity contribution in [2.45, 2.75) is 43.8 Å². The Morgan fingerprint density at radius 1 is 1.00 bits per heavy atom. The smallest absolute Gasteiger partial charge is 0.265 e. The molecule has 0 saturated heterocycles. The van der Waals surface area contributed by atoms with E-state index in [0.29, 0.717) is 10.8 Å². The van der Waals surface area contributed by atoms with E-state index in [1.807, 2.05) is 47.8 Å². The molecule has 2 heterocycles. The number of anilines is 1. The zero-order valence-electron chi connectivity index (χ0n) is 18.3. The Morgan fingerprint density at radius 2 is 1.78 bits per heavy atom. The van der Waals surface area contributed by atoms with Crippen molar-refractivity contribution in [1.29, 1.82) is 0 Å². The first-order valence-corrected chi connectivity index (χ1v) is 11.9. The monoisotopic (exact) mass is 449 g/mol. The van der Waals surface area contributed by atoms with Crippen molar-refractivity contribution < 1.29 is 19.0 Å². The summed E-state index contributed by atoms with van der Waals surface area (Å²) in [5.74, 6) is 1.91. The zero-order valence-corrected chi connectivity index (χ0v) is 19.1. The summed E-state index contributed by atoms with van der Waals surface area (Å²) in [6.07, 6.45) is 4.35. The van der Waals surface area contributed by atoms with E-state index in [4.69, 9.17) is 14.2 Å². The fraction of sp³-hybridized carbons (Fsp3) is 0.346. The normalized spacial score (nSPS) is 21.9. The van der Waals surface area contributed by atoms with E-state index in [1.54, 1.807) is 14.2 Å². The SMILES string of the molecule is COc1ccc(OC)c2c1[C@@H](c1cccc(NC(=O)c3cccs3)c1)O[C@H]1CCCC[C@H]21. The van der Waals surface area contributed by atoms with E-state index in [9.17, 15) is 4.79 Å². The predicted molar refractivity (Wildman–Crippen MR) is 126 cm³/mol. The summed E-state index contributed by atoms with van der Waals surface area (Å²) in [6, 6.07) is 15.6. The summed E-state index contributed by atoms with van der Waals surface area (Å²) in [6.45, 7) is 0. The first kappa shape index (κ1) is 21.0. The van der Waals surface area contributed by atoms with Gasteiger partial charge in [0.25, 0.3) is 5.91 Å². The number of ether oxygens (including phenoxy) is 3. The molecule has 1 saturated carbocycles. The molecule has 0 unspecified atom stereocenters. The summed E-state index contributed by atoms with van der Waals surface area (Å²) in [7, 11) is 3.43. The molecule has 0 spiro atoms. The lowest BCUT2D eigenvalue weighted by molar-refractivity contribution is -0.0406. The Labute approximate surface area is 192 Å².